The third kappa shape index (κ3) is 4.39. The number of hydrogen-bond donors (Lipinski definition) is 1. The minimum atomic E-state index is -0.125. The summed E-state index contributed by atoms with van der Waals surface area (Å²) < 4.78 is 16.6. The Morgan fingerprint density at radius 2 is 2.04 bits per heavy atom. The molecule has 0 spiro atoms. The minimum Gasteiger partial charge on any atom is -0.497 e. The highest BCUT2D eigenvalue weighted by molar-refractivity contribution is 7.73. The van der Waals surface area contributed by atoms with Gasteiger partial charge in [-0.15, -0.1) is 0 Å². The average Bonchev–Trinajstić information content (AvgIpc) is 3.06. The van der Waals surface area contributed by atoms with Gasteiger partial charge >= 0.3 is 0 Å². The molecule has 0 saturated carbocycles. The highest BCUT2D eigenvalue weighted by atomic mass is 32.2. The molecule has 0 fully saturated rings. The highest BCUT2D eigenvalue weighted by Crippen LogP contribution is 2.16. The first kappa shape index (κ1) is 18.3. The molecule has 8 heteroatoms. The summed E-state index contributed by atoms with van der Waals surface area (Å²) in [6.45, 7) is 2.89. The zero-order valence-corrected chi connectivity index (χ0v) is 16.2. The van der Waals surface area contributed by atoms with Crippen molar-refractivity contribution in [2.45, 2.75) is 26.5 Å². The smallest absolute Gasteiger partial charge is 0.223 e. The lowest BCUT2D eigenvalue weighted by Crippen LogP contribution is -2.16. The van der Waals surface area contributed by atoms with E-state index in [1.807, 2.05) is 35.8 Å². The summed E-state index contributed by atoms with van der Waals surface area (Å²) in [7, 11) is 1.63. The van der Waals surface area contributed by atoms with E-state index in [-0.39, 0.29) is 5.43 Å². The predicted octanol–water partition coefficient (Wildman–Crippen LogP) is 3.50. The average molecular weight is 390 g/mol. The summed E-state index contributed by atoms with van der Waals surface area (Å²) >= 11 is 6.37. The van der Waals surface area contributed by atoms with Crippen molar-refractivity contribution < 1.29 is 9.47 Å². The fourth-order valence-electron chi connectivity index (χ4n) is 2.54. The Balaban J connectivity index is 1.71. The summed E-state index contributed by atoms with van der Waals surface area (Å²) in [5.74, 6) is 2.00. The molecule has 0 aliphatic carbocycles. The Kier molecular flexibility index (Phi) is 5.85. The summed E-state index contributed by atoms with van der Waals surface area (Å²) in [4.78, 5) is 16.4. The summed E-state index contributed by atoms with van der Waals surface area (Å²) in [6, 6.07) is 9.10. The van der Waals surface area contributed by atoms with Gasteiger partial charge in [0.25, 0.3) is 0 Å². The van der Waals surface area contributed by atoms with Gasteiger partial charge in [0.2, 0.25) is 5.43 Å². The van der Waals surface area contributed by atoms with E-state index in [0.717, 1.165) is 22.8 Å². The Hall–Kier alpha value is -2.45. The molecule has 1 N–H and O–H groups in total. The van der Waals surface area contributed by atoms with Crippen LogP contribution in [0.4, 0.5) is 0 Å². The number of rotatable bonds is 7. The molecule has 1 aromatic carbocycles. The number of hydrogen-bond acceptors (Lipinski definition) is 6. The molecule has 2 heterocycles. The number of methoxy groups -OCH3 is 1. The summed E-state index contributed by atoms with van der Waals surface area (Å²) in [5.41, 5.74) is 1.63. The van der Waals surface area contributed by atoms with Crippen LogP contribution in [0.2, 0.25) is 0 Å². The van der Waals surface area contributed by atoms with E-state index in [9.17, 15) is 4.79 Å². The van der Waals surface area contributed by atoms with Gasteiger partial charge in [0, 0.05) is 25.2 Å². The molecule has 0 radical (unpaired) electrons. The van der Waals surface area contributed by atoms with Crippen LogP contribution in [0.25, 0.3) is 0 Å². The monoisotopic (exact) mass is 389 g/mol. The van der Waals surface area contributed by atoms with Crippen LogP contribution in [0.5, 0.6) is 11.5 Å². The molecule has 136 valence electrons. The number of nitrogens with zero attached hydrogens (tertiary/aromatic N) is 2. The van der Waals surface area contributed by atoms with E-state index in [2.05, 4.69) is 9.36 Å². The molecule has 0 aliphatic rings. The van der Waals surface area contributed by atoms with Crippen molar-refractivity contribution in [2.75, 3.05) is 7.11 Å². The highest BCUT2D eigenvalue weighted by Gasteiger charge is 2.10. The maximum absolute atomic E-state index is 12.2. The van der Waals surface area contributed by atoms with Crippen LogP contribution in [0.15, 0.2) is 41.3 Å². The van der Waals surface area contributed by atoms with Gasteiger partial charge in [-0.2, -0.15) is 0 Å². The van der Waals surface area contributed by atoms with Crippen molar-refractivity contribution in [1.29, 1.82) is 0 Å². The van der Waals surface area contributed by atoms with E-state index >= 15 is 0 Å². The van der Waals surface area contributed by atoms with Crippen LogP contribution < -0.4 is 14.9 Å². The molecule has 0 atom stereocenters. The second kappa shape index (κ2) is 8.29. The SMILES string of the molecule is COc1ccc(COc2c(C)n(CCc3nc(=S)s[nH]3)ccc2=O)cc1. The third-order valence-corrected chi connectivity index (χ3v) is 4.95. The fourth-order valence-corrected chi connectivity index (χ4v) is 3.28. The van der Waals surface area contributed by atoms with E-state index in [4.69, 9.17) is 21.7 Å². The van der Waals surface area contributed by atoms with Crippen LogP contribution in [0, 0.1) is 10.9 Å². The first-order chi connectivity index (χ1) is 12.6. The molecule has 26 heavy (non-hydrogen) atoms. The van der Waals surface area contributed by atoms with E-state index in [1.54, 1.807) is 13.3 Å². The standard InChI is InChI=1S/C18H19N3O3S2/c1-12-17(24-11-13-3-5-14(23-2)6-4-13)15(22)7-9-21(12)10-8-16-19-18(25)26-20-16/h3-7,9H,8,10-11H2,1-2H3,(H,19,20,25). The van der Waals surface area contributed by atoms with Crippen LogP contribution in [-0.4, -0.2) is 21.0 Å². The second-order valence-electron chi connectivity index (χ2n) is 5.70. The van der Waals surface area contributed by atoms with Crippen molar-refractivity contribution in [3.63, 3.8) is 0 Å². The van der Waals surface area contributed by atoms with Gasteiger partial charge in [0.15, 0.2) is 9.70 Å². The van der Waals surface area contributed by atoms with Crippen molar-refractivity contribution in [2.24, 2.45) is 0 Å². The van der Waals surface area contributed by atoms with Crippen LogP contribution in [0.3, 0.4) is 0 Å². The topological polar surface area (TPSA) is 69.1 Å². The molecule has 6 nitrogen and oxygen atoms in total. The number of ether oxygens (including phenoxy) is 2. The Bertz CT molecular complexity index is 990. The van der Waals surface area contributed by atoms with Gasteiger partial charge in [-0.25, -0.2) is 4.98 Å². The van der Waals surface area contributed by atoms with Gasteiger partial charge in [-0.05, 0) is 48.4 Å². The third-order valence-electron chi connectivity index (χ3n) is 4.00. The zero-order chi connectivity index (χ0) is 18.5. The molecule has 3 aromatic rings. The number of pyridine rings is 1. The summed E-state index contributed by atoms with van der Waals surface area (Å²) in [6.07, 6.45) is 2.48. The lowest BCUT2D eigenvalue weighted by molar-refractivity contribution is 0.296. The quantitative estimate of drug-likeness (QED) is 0.627. The van der Waals surface area contributed by atoms with E-state index in [1.165, 1.54) is 17.6 Å². The first-order valence-corrected chi connectivity index (χ1v) is 9.29. The number of aromatic nitrogens is 3. The predicted molar refractivity (Wildman–Crippen MR) is 104 cm³/mol. The van der Waals surface area contributed by atoms with Gasteiger partial charge < -0.3 is 14.0 Å². The number of nitrogens with one attached hydrogen (secondary N) is 1. The molecule has 0 amide bonds. The largest absolute Gasteiger partial charge is 0.497 e. The van der Waals surface area contributed by atoms with E-state index < -0.39 is 0 Å². The molecular weight excluding hydrogens is 370 g/mol. The van der Waals surface area contributed by atoms with Crippen molar-refractivity contribution in [3.05, 3.63) is 67.8 Å². The van der Waals surface area contributed by atoms with Crippen LogP contribution in [-0.2, 0) is 19.6 Å². The number of aromatic amines is 1. The fraction of sp³-hybridized carbons (Fsp3) is 0.278. The van der Waals surface area contributed by atoms with Gasteiger partial charge in [0.1, 0.15) is 18.2 Å². The maximum atomic E-state index is 12.2. The van der Waals surface area contributed by atoms with Gasteiger partial charge in [-0.3, -0.25) is 9.17 Å². The first-order valence-electron chi connectivity index (χ1n) is 8.07. The Labute approximate surface area is 160 Å². The Morgan fingerprint density at radius 3 is 2.69 bits per heavy atom. The molecule has 0 aliphatic heterocycles. The zero-order valence-electron chi connectivity index (χ0n) is 14.5. The lowest BCUT2D eigenvalue weighted by atomic mass is 10.2. The Morgan fingerprint density at radius 1 is 1.27 bits per heavy atom. The normalized spacial score (nSPS) is 10.7. The molecular formula is C18H19N3O3S2. The summed E-state index contributed by atoms with van der Waals surface area (Å²) in [5, 5.41) is 0. The molecule has 0 saturated heterocycles. The molecule has 3 rings (SSSR count). The van der Waals surface area contributed by atoms with Crippen molar-refractivity contribution >= 4 is 23.8 Å². The van der Waals surface area contributed by atoms with Gasteiger partial charge in [0.05, 0.1) is 12.8 Å². The van der Waals surface area contributed by atoms with Crippen LogP contribution >= 0.6 is 23.8 Å². The number of aryl methyl sites for hydroxylation is 2. The lowest BCUT2D eigenvalue weighted by Gasteiger charge is -2.14. The number of benzene rings is 1. The maximum Gasteiger partial charge on any atom is 0.223 e. The molecule has 0 unspecified atom stereocenters. The second-order valence-corrected chi connectivity index (χ2v) is 7.14. The number of H-pyrrole nitrogens is 1. The molecule has 2 aromatic heterocycles. The van der Waals surface area contributed by atoms with Gasteiger partial charge in [-0.1, -0.05) is 12.1 Å². The molecule has 0 bridgehead atoms. The van der Waals surface area contributed by atoms with Crippen molar-refractivity contribution in [1.82, 2.24) is 13.9 Å². The minimum absolute atomic E-state index is 0.125. The van der Waals surface area contributed by atoms with Crippen molar-refractivity contribution in [3.8, 4) is 11.5 Å². The van der Waals surface area contributed by atoms with E-state index in [0.29, 0.717) is 29.3 Å². The van der Waals surface area contributed by atoms with Crippen LogP contribution in [0.1, 0.15) is 17.1 Å².